The van der Waals surface area contributed by atoms with Crippen LogP contribution in [-0.2, 0) is 10.0 Å². The standard InChI is InChI=1S/C19H15F2NO3S/c1-25-14-9-7-13(8-10-14)16-11-17(20)18(21)12-19(16)22-26(23,24)15-5-3-2-4-6-15/h2-12,22H,1H3. The lowest BCUT2D eigenvalue weighted by Gasteiger charge is -2.14. The molecule has 134 valence electrons. The minimum atomic E-state index is -3.95. The average Bonchev–Trinajstić information content (AvgIpc) is 2.65. The zero-order valence-corrected chi connectivity index (χ0v) is 14.6. The van der Waals surface area contributed by atoms with Gasteiger partial charge in [0.05, 0.1) is 17.7 Å². The number of ether oxygens (including phenoxy) is 1. The fourth-order valence-corrected chi connectivity index (χ4v) is 3.54. The number of benzene rings is 3. The second kappa shape index (κ2) is 7.13. The summed E-state index contributed by atoms with van der Waals surface area (Å²) in [6.07, 6.45) is 0. The number of methoxy groups -OCH3 is 1. The molecule has 0 aliphatic carbocycles. The highest BCUT2D eigenvalue weighted by atomic mass is 32.2. The van der Waals surface area contributed by atoms with Gasteiger partial charge in [-0.05, 0) is 35.9 Å². The molecule has 0 aromatic heterocycles. The Morgan fingerprint density at radius 2 is 1.50 bits per heavy atom. The Bertz CT molecular complexity index is 1020. The van der Waals surface area contributed by atoms with Gasteiger partial charge >= 0.3 is 0 Å². The maximum atomic E-state index is 13.8. The number of sulfonamides is 1. The van der Waals surface area contributed by atoms with Crippen LogP contribution in [0.1, 0.15) is 0 Å². The van der Waals surface area contributed by atoms with E-state index in [1.54, 1.807) is 42.5 Å². The topological polar surface area (TPSA) is 55.4 Å². The maximum Gasteiger partial charge on any atom is 0.261 e. The van der Waals surface area contributed by atoms with Crippen LogP contribution in [0.25, 0.3) is 11.1 Å². The minimum absolute atomic E-state index is 0.0189. The first-order valence-electron chi connectivity index (χ1n) is 7.62. The van der Waals surface area contributed by atoms with Crippen LogP contribution in [0, 0.1) is 11.6 Å². The van der Waals surface area contributed by atoms with E-state index in [2.05, 4.69) is 4.72 Å². The Morgan fingerprint density at radius 3 is 2.12 bits per heavy atom. The minimum Gasteiger partial charge on any atom is -0.497 e. The van der Waals surface area contributed by atoms with E-state index in [0.29, 0.717) is 11.3 Å². The first-order chi connectivity index (χ1) is 12.4. The van der Waals surface area contributed by atoms with Crippen LogP contribution < -0.4 is 9.46 Å². The Labute approximate surface area is 150 Å². The van der Waals surface area contributed by atoms with E-state index in [9.17, 15) is 17.2 Å². The molecule has 3 rings (SSSR count). The van der Waals surface area contributed by atoms with Gasteiger partial charge in [0, 0.05) is 11.6 Å². The average molecular weight is 375 g/mol. The van der Waals surface area contributed by atoms with Gasteiger partial charge in [-0.1, -0.05) is 30.3 Å². The van der Waals surface area contributed by atoms with Crippen LogP contribution in [0.2, 0.25) is 0 Å². The van der Waals surface area contributed by atoms with Gasteiger partial charge in [-0.3, -0.25) is 4.72 Å². The molecule has 0 unspecified atom stereocenters. The molecule has 0 amide bonds. The van der Waals surface area contributed by atoms with Crippen molar-refractivity contribution >= 4 is 15.7 Å². The molecule has 0 aliphatic rings. The number of halogens is 2. The molecule has 0 radical (unpaired) electrons. The summed E-state index contributed by atoms with van der Waals surface area (Å²) in [5.41, 5.74) is 0.666. The van der Waals surface area contributed by atoms with Crippen molar-refractivity contribution in [2.24, 2.45) is 0 Å². The molecule has 0 spiro atoms. The first-order valence-corrected chi connectivity index (χ1v) is 9.10. The smallest absolute Gasteiger partial charge is 0.261 e. The van der Waals surface area contributed by atoms with Gasteiger partial charge in [-0.2, -0.15) is 0 Å². The molecule has 0 fully saturated rings. The van der Waals surface area contributed by atoms with Crippen LogP contribution in [0.4, 0.5) is 14.5 Å². The predicted molar refractivity (Wildman–Crippen MR) is 95.6 cm³/mol. The second-order valence-corrected chi connectivity index (χ2v) is 7.14. The molecule has 0 heterocycles. The molecule has 7 heteroatoms. The van der Waals surface area contributed by atoms with E-state index in [0.717, 1.165) is 12.1 Å². The lowest BCUT2D eigenvalue weighted by atomic mass is 10.0. The third-order valence-electron chi connectivity index (χ3n) is 3.76. The van der Waals surface area contributed by atoms with Gasteiger partial charge in [0.15, 0.2) is 11.6 Å². The molecular formula is C19H15F2NO3S. The highest BCUT2D eigenvalue weighted by Gasteiger charge is 2.19. The van der Waals surface area contributed by atoms with E-state index in [-0.39, 0.29) is 16.1 Å². The van der Waals surface area contributed by atoms with E-state index >= 15 is 0 Å². The number of rotatable bonds is 5. The lowest BCUT2D eigenvalue weighted by Crippen LogP contribution is -2.14. The monoisotopic (exact) mass is 375 g/mol. The van der Waals surface area contributed by atoms with E-state index in [1.807, 2.05) is 0 Å². The van der Waals surface area contributed by atoms with Gasteiger partial charge in [-0.25, -0.2) is 17.2 Å². The molecule has 3 aromatic rings. The van der Waals surface area contributed by atoms with Crippen LogP contribution in [-0.4, -0.2) is 15.5 Å². The third-order valence-corrected chi connectivity index (χ3v) is 5.14. The molecular weight excluding hydrogens is 360 g/mol. The van der Waals surface area contributed by atoms with Gasteiger partial charge in [0.1, 0.15) is 5.75 Å². The van der Waals surface area contributed by atoms with Crippen LogP contribution in [0.15, 0.2) is 71.6 Å². The Balaban J connectivity index is 2.07. The summed E-state index contributed by atoms with van der Waals surface area (Å²) in [5.74, 6) is -1.63. The fourth-order valence-electron chi connectivity index (χ4n) is 2.44. The van der Waals surface area contributed by atoms with Crippen molar-refractivity contribution in [1.82, 2.24) is 0 Å². The molecule has 0 atom stereocenters. The molecule has 1 N–H and O–H groups in total. The summed E-state index contributed by atoms with van der Waals surface area (Å²) in [7, 11) is -2.44. The van der Waals surface area contributed by atoms with Gasteiger partial charge in [0.25, 0.3) is 10.0 Å². The van der Waals surface area contributed by atoms with Crippen molar-refractivity contribution in [2.75, 3.05) is 11.8 Å². The summed E-state index contributed by atoms with van der Waals surface area (Å²) in [6, 6.07) is 16.0. The second-order valence-electron chi connectivity index (χ2n) is 5.46. The SMILES string of the molecule is COc1ccc(-c2cc(F)c(F)cc2NS(=O)(=O)c2ccccc2)cc1. The van der Waals surface area contributed by atoms with E-state index in [4.69, 9.17) is 4.74 Å². The molecule has 4 nitrogen and oxygen atoms in total. The van der Waals surface area contributed by atoms with Crippen molar-refractivity contribution in [1.29, 1.82) is 0 Å². The number of hydrogen-bond donors (Lipinski definition) is 1. The van der Waals surface area contributed by atoms with Gasteiger partial charge < -0.3 is 4.74 Å². The maximum absolute atomic E-state index is 13.8. The number of anilines is 1. The van der Waals surface area contributed by atoms with Crippen molar-refractivity contribution in [3.63, 3.8) is 0 Å². The third kappa shape index (κ3) is 3.67. The molecule has 0 saturated heterocycles. The zero-order valence-electron chi connectivity index (χ0n) is 13.7. The van der Waals surface area contributed by atoms with Crippen LogP contribution >= 0.6 is 0 Å². The van der Waals surface area contributed by atoms with Crippen molar-refractivity contribution in [3.05, 3.63) is 78.4 Å². The zero-order chi connectivity index (χ0) is 18.7. The highest BCUT2D eigenvalue weighted by molar-refractivity contribution is 7.92. The van der Waals surface area contributed by atoms with Gasteiger partial charge in [-0.15, -0.1) is 0 Å². The molecule has 0 aliphatic heterocycles. The highest BCUT2D eigenvalue weighted by Crippen LogP contribution is 2.33. The summed E-state index contributed by atoms with van der Waals surface area (Å²) < 4.78 is 60.0. The Morgan fingerprint density at radius 1 is 0.885 bits per heavy atom. The number of nitrogens with one attached hydrogen (secondary N) is 1. The first kappa shape index (κ1) is 17.9. The fraction of sp³-hybridized carbons (Fsp3) is 0.0526. The van der Waals surface area contributed by atoms with Crippen molar-refractivity contribution in [2.45, 2.75) is 4.90 Å². The van der Waals surface area contributed by atoms with Crippen molar-refractivity contribution < 1.29 is 21.9 Å². The molecule has 0 bridgehead atoms. The summed E-state index contributed by atoms with van der Waals surface area (Å²) in [5, 5.41) is 0. The Hall–Kier alpha value is -2.93. The van der Waals surface area contributed by atoms with Gasteiger partial charge in [0.2, 0.25) is 0 Å². The summed E-state index contributed by atoms with van der Waals surface area (Å²) in [4.78, 5) is 0.0189. The van der Waals surface area contributed by atoms with E-state index < -0.39 is 21.7 Å². The summed E-state index contributed by atoms with van der Waals surface area (Å²) in [6.45, 7) is 0. The summed E-state index contributed by atoms with van der Waals surface area (Å²) >= 11 is 0. The quantitative estimate of drug-likeness (QED) is 0.717. The van der Waals surface area contributed by atoms with Crippen molar-refractivity contribution in [3.8, 4) is 16.9 Å². The predicted octanol–water partition coefficient (Wildman–Crippen LogP) is 4.44. The van der Waals surface area contributed by atoms with Crippen LogP contribution in [0.5, 0.6) is 5.75 Å². The molecule has 3 aromatic carbocycles. The van der Waals surface area contributed by atoms with E-state index in [1.165, 1.54) is 19.2 Å². The normalized spacial score (nSPS) is 11.2. The number of hydrogen-bond acceptors (Lipinski definition) is 3. The molecule has 0 saturated carbocycles. The Kier molecular flexibility index (Phi) is 4.90. The van der Waals surface area contributed by atoms with Crippen LogP contribution in [0.3, 0.4) is 0 Å². The largest absolute Gasteiger partial charge is 0.497 e. The molecule has 26 heavy (non-hydrogen) atoms. The lowest BCUT2D eigenvalue weighted by molar-refractivity contribution is 0.415.